The Morgan fingerprint density at radius 3 is 2.47 bits per heavy atom. The van der Waals surface area contributed by atoms with Crippen LogP contribution in [0.4, 0.5) is 0 Å². The molecule has 1 aromatic carbocycles. The van der Waals surface area contributed by atoms with Crippen LogP contribution in [0.1, 0.15) is 5.56 Å². The minimum absolute atomic E-state index is 0.139. The first kappa shape index (κ1) is 14.4. The molecule has 19 heavy (non-hydrogen) atoms. The van der Waals surface area contributed by atoms with Crippen molar-refractivity contribution in [2.75, 3.05) is 26.6 Å². The van der Waals surface area contributed by atoms with Crippen molar-refractivity contribution < 1.29 is 24.8 Å². The van der Waals surface area contributed by atoms with Gasteiger partial charge in [0.1, 0.15) is 0 Å². The van der Waals surface area contributed by atoms with Gasteiger partial charge in [-0.15, -0.1) is 0 Å². The van der Waals surface area contributed by atoms with E-state index < -0.39 is 5.54 Å². The zero-order chi connectivity index (χ0) is 13.9. The van der Waals surface area contributed by atoms with Crippen LogP contribution in [-0.2, 0) is 6.54 Å². The molecule has 2 rings (SSSR count). The summed E-state index contributed by atoms with van der Waals surface area (Å²) in [6, 6.07) is 3.47. The largest absolute Gasteiger partial charge is 0.454 e. The molecule has 6 nitrogen and oxygen atoms in total. The van der Waals surface area contributed by atoms with Gasteiger partial charge in [0.15, 0.2) is 11.5 Å². The van der Waals surface area contributed by atoms with E-state index in [0.717, 1.165) is 5.56 Å². The Labute approximate surface area is 115 Å². The van der Waals surface area contributed by atoms with Gasteiger partial charge in [0, 0.05) is 6.54 Å². The summed E-state index contributed by atoms with van der Waals surface area (Å²) >= 11 is 6.05. The molecule has 0 saturated heterocycles. The highest BCUT2D eigenvalue weighted by molar-refractivity contribution is 6.32. The number of hydrogen-bond donors (Lipinski definition) is 4. The van der Waals surface area contributed by atoms with Crippen molar-refractivity contribution in [1.82, 2.24) is 5.32 Å². The fraction of sp³-hybridized carbons (Fsp3) is 0.500. The Kier molecular flexibility index (Phi) is 4.49. The maximum absolute atomic E-state index is 9.21. The lowest BCUT2D eigenvalue weighted by molar-refractivity contribution is 0.0414. The van der Waals surface area contributed by atoms with Crippen molar-refractivity contribution >= 4 is 11.6 Å². The van der Waals surface area contributed by atoms with E-state index in [9.17, 15) is 15.3 Å². The number of halogens is 1. The Bertz CT molecular complexity index is 442. The monoisotopic (exact) mass is 289 g/mol. The predicted molar refractivity (Wildman–Crippen MR) is 68.4 cm³/mol. The highest BCUT2D eigenvalue weighted by atomic mass is 35.5. The second-order valence-electron chi connectivity index (χ2n) is 4.42. The quantitative estimate of drug-likeness (QED) is 0.583. The predicted octanol–water partition coefficient (Wildman–Crippen LogP) is -0.126. The molecular formula is C12H16ClNO5. The number of benzene rings is 1. The van der Waals surface area contributed by atoms with Crippen molar-refractivity contribution in [3.05, 3.63) is 22.7 Å². The molecule has 1 aromatic rings. The molecule has 0 unspecified atom stereocenters. The average molecular weight is 290 g/mol. The molecule has 7 heteroatoms. The molecule has 1 heterocycles. The highest BCUT2D eigenvalue weighted by Gasteiger charge is 2.27. The van der Waals surface area contributed by atoms with Gasteiger partial charge in [-0.1, -0.05) is 11.6 Å². The second-order valence-corrected chi connectivity index (χ2v) is 4.83. The molecule has 0 amide bonds. The van der Waals surface area contributed by atoms with E-state index in [1.165, 1.54) is 0 Å². The van der Waals surface area contributed by atoms with Gasteiger partial charge in [-0.05, 0) is 17.7 Å². The molecule has 0 aromatic heterocycles. The van der Waals surface area contributed by atoms with Crippen molar-refractivity contribution in [1.29, 1.82) is 0 Å². The van der Waals surface area contributed by atoms with Crippen LogP contribution < -0.4 is 14.8 Å². The molecule has 1 aliphatic rings. The third-order valence-electron chi connectivity index (χ3n) is 3.06. The standard InChI is InChI=1S/C12H16ClNO5/c13-9-1-8(2-10-11(9)19-7-18-10)3-14-12(4-15,5-16)6-17/h1-2,14-17H,3-7H2. The highest BCUT2D eigenvalue weighted by Crippen LogP contribution is 2.39. The normalized spacial score (nSPS) is 13.9. The topological polar surface area (TPSA) is 91.2 Å². The van der Waals surface area contributed by atoms with Crippen molar-refractivity contribution in [3.63, 3.8) is 0 Å². The summed E-state index contributed by atoms with van der Waals surface area (Å²) in [6.45, 7) is -0.674. The lowest BCUT2D eigenvalue weighted by atomic mass is 10.0. The molecule has 106 valence electrons. The van der Waals surface area contributed by atoms with Crippen LogP contribution in [0.5, 0.6) is 11.5 Å². The van der Waals surface area contributed by atoms with E-state index in [1.807, 2.05) is 0 Å². The average Bonchev–Trinajstić information content (AvgIpc) is 2.90. The zero-order valence-electron chi connectivity index (χ0n) is 10.2. The number of fused-ring (bicyclic) bond motifs is 1. The number of aliphatic hydroxyl groups is 3. The summed E-state index contributed by atoms with van der Waals surface area (Å²) in [5.41, 5.74) is -0.322. The summed E-state index contributed by atoms with van der Waals surface area (Å²) in [6.07, 6.45) is 0. The molecule has 0 bridgehead atoms. The SMILES string of the molecule is OCC(CO)(CO)NCc1cc(Cl)c2c(c1)OCO2. The van der Waals surface area contributed by atoms with E-state index >= 15 is 0 Å². The number of hydrogen-bond acceptors (Lipinski definition) is 6. The third kappa shape index (κ3) is 2.93. The zero-order valence-corrected chi connectivity index (χ0v) is 11.0. The van der Waals surface area contributed by atoms with Gasteiger partial charge in [0.25, 0.3) is 0 Å². The van der Waals surface area contributed by atoms with Gasteiger partial charge in [-0.2, -0.15) is 0 Å². The lowest BCUT2D eigenvalue weighted by Gasteiger charge is -2.28. The summed E-state index contributed by atoms with van der Waals surface area (Å²) in [5, 5.41) is 31.0. The fourth-order valence-corrected chi connectivity index (χ4v) is 2.02. The molecule has 0 spiro atoms. The van der Waals surface area contributed by atoms with Gasteiger partial charge >= 0.3 is 0 Å². The van der Waals surface area contributed by atoms with Gasteiger partial charge in [0.05, 0.1) is 30.4 Å². The van der Waals surface area contributed by atoms with Crippen LogP contribution in [0, 0.1) is 0 Å². The van der Waals surface area contributed by atoms with Crippen LogP contribution in [0.3, 0.4) is 0 Å². The first-order chi connectivity index (χ1) is 9.14. The summed E-state index contributed by atoms with van der Waals surface area (Å²) in [4.78, 5) is 0. The Balaban J connectivity index is 2.10. The first-order valence-corrected chi connectivity index (χ1v) is 6.17. The summed E-state index contributed by atoms with van der Waals surface area (Å²) in [7, 11) is 0. The van der Waals surface area contributed by atoms with Gasteiger partial charge in [0.2, 0.25) is 6.79 Å². The van der Waals surface area contributed by atoms with E-state index in [1.54, 1.807) is 12.1 Å². The molecule has 4 N–H and O–H groups in total. The first-order valence-electron chi connectivity index (χ1n) is 5.80. The third-order valence-corrected chi connectivity index (χ3v) is 3.34. The van der Waals surface area contributed by atoms with Crippen LogP contribution >= 0.6 is 11.6 Å². The molecule has 0 atom stereocenters. The fourth-order valence-electron chi connectivity index (χ4n) is 1.73. The maximum atomic E-state index is 9.21. The van der Waals surface area contributed by atoms with Crippen LogP contribution in [0.25, 0.3) is 0 Å². The van der Waals surface area contributed by atoms with Crippen LogP contribution in [0.15, 0.2) is 12.1 Å². The molecule has 0 aliphatic carbocycles. The van der Waals surface area contributed by atoms with E-state index in [0.29, 0.717) is 23.1 Å². The molecule has 0 fully saturated rings. The molecule has 0 saturated carbocycles. The smallest absolute Gasteiger partial charge is 0.231 e. The Morgan fingerprint density at radius 2 is 1.84 bits per heavy atom. The number of rotatable bonds is 6. The van der Waals surface area contributed by atoms with Gasteiger partial charge < -0.3 is 30.1 Å². The Morgan fingerprint density at radius 1 is 1.16 bits per heavy atom. The Hall–Kier alpha value is -1.05. The van der Waals surface area contributed by atoms with Crippen molar-refractivity contribution in [3.8, 4) is 11.5 Å². The number of nitrogens with one attached hydrogen (secondary N) is 1. The van der Waals surface area contributed by atoms with E-state index in [-0.39, 0.29) is 26.6 Å². The van der Waals surface area contributed by atoms with Crippen molar-refractivity contribution in [2.45, 2.75) is 12.1 Å². The molecule has 1 aliphatic heterocycles. The van der Waals surface area contributed by atoms with Crippen molar-refractivity contribution in [2.24, 2.45) is 0 Å². The summed E-state index contributed by atoms with van der Waals surface area (Å²) in [5.74, 6) is 1.08. The molecule has 0 radical (unpaired) electrons. The number of ether oxygens (including phenoxy) is 2. The maximum Gasteiger partial charge on any atom is 0.231 e. The van der Waals surface area contributed by atoms with E-state index in [2.05, 4.69) is 5.32 Å². The van der Waals surface area contributed by atoms with E-state index in [4.69, 9.17) is 21.1 Å². The minimum Gasteiger partial charge on any atom is -0.454 e. The number of aliphatic hydroxyl groups excluding tert-OH is 3. The minimum atomic E-state index is -1.12. The van der Waals surface area contributed by atoms with Gasteiger partial charge in [-0.3, -0.25) is 0 Å². The lowest BCUT2D eigenvalue weighted by Crippen LogP contribution is -2.54. The molecular weight excluding hydrogens is 274 g/mol. The second kappa shape index (κ2) is 5.94. The van der Waals surface area contributed by atoms with Crippen LogP contribution in [0.2, 0.25) is 5.02 Å². The van der Waals surface area contributed by atoms with Crippen LogP contribution in [-0.4, -0.2) is 47.5 Å². The summed E-state index contributed by atoms with van der Waals surface area (Å²) < 4.78 is 10.4. The van der Waals surface area contributed by atoms with Gasteiger partial charge in [-0.25, -0.2) is 0 Å².